The molecule has 0 radical (unpaired) electrons. The molecule has 6 heteroatoms. The van der Waals surface area contributed by atoms with Crippen LogP contribution in [-0.4, -0.2) is 35.8 Å². The Labute approximate surface area is 106 Å². The Bertz CT molecular complexity index is 366. The smallest absolute Gasteiger partial charge is 0.182 e. The SMILES string of the molecule is COCCn1ncc(Cl)c1C(=O)CCCCN. The van der Waals surface area contributed by atoms with Crippen molar-refractivity contribution in [3.05, 3.63) is 16.9 Å². The molecule has 0 unspecified atom stereocenters. The van der Waals surface area contributed by atoms with Gasteiger partial charge in [0.2, 0.25) is 0 Å². The number of halogens is 1. The number of Topliss-reactive ketones (excluding diaryl/α,β-unsaturated/α-hetero) is 1. The maximum absolute atomic E-state index is 12.0. The molecule has 96 valence electrons. The first kappa shape index (κ1) is 14.2. The van der Waals surface area contributed by atoms with E-state index in [1.54, 1.807) is 11.8 Å². The van der Waals surface area contributed by atoms with Crippen molar-refractivity contribution >= 4 is 17.4 Å². The standard InChI is InChI=1S/C11H18ClN3O2/c1-17-7-6-15-11(9(12)8-14-15)10(16)4-2-3-5-13/h8H,2-7,13H2,1H3. The Kier molecular flexibility index (Phi) is 6.18. The molecule has 0 saturated heterocycles. The van der Waals surface area contributed by atoms with Gasteiger partial charge in [-0.2, -0.15) is 5.10 Å². The lowest BCUT2D eigenvalue weighted by molar-refractivity contribution is 0.0965. The molecule has 5 nitrogen and oxygen atoms in total. The number of hydrogen-bond acceptors (Lipinski definition) is 4. The number of hydrogen-bond donors (Lipinski definition) is 1. The molecule has 1 aromatic rings. The molecule has 1 heterocycles. The van der Waals surface area contributed by atoms with Gasteiger partial charge < -0.3 is 10.5 Å². The Hall–Kier alpha value is -0.910. The molecule has 1 rings (SSSR count). The third kappa shape index (κ3) is 4.11. The van der Waals surface area contributed by atoms with Crippen LogP contribution in [0.2, 0.25) is 5.02 Å². The number of rotatable bonds is 8. The van der Waals surface area contributed by atoms with Crippen molar-refractivity contribution in [3.63, 3.8) is 0 Å². The number of aromatic nitrogens is 2. The van der Waals surface area contributed by atoms with Gasteiger partial charge in [-0.05, 0) is 19.4 Å². The lowest BCUT2D eigenvalue weighted by Crippen LogP contribution is -2.14. The Morgan fingerprint density at radius 2 is 2.35 bits per heavy atom. The van der Waals surface area contributed by atoms with E-state index in [0.29, 0.717) is 36.8 Å². The van der Waals surface area contributed by atoms with Gasteiger partial charge in [-0.15, -0.1) is 0 Å². The van der Waals surface area contributed by atoms with Crippen molar-refractivity contribution in [1.82, 2.24) is 9.78 Å². The van der Waals surface area contributed by atoms with E-state index in [1.807, 2.05) is 0 Å². The number of carbonyl (C=O) groups excluding carboxylic acids is 1. The summed E-state index contributed by atoms with van der Waals surface area (Å²) in [6.07, 6.45) is 3.57. The lowest BCUT2D eigenvalue weighted by atomic mass is 10.1. The number of nitrogens with zero attached hydrogens (tertiary/aromatic N) is 2. The predicted octanol–water partition coefficient (Wildman–Crippen LogP) is 1.49. The van der Waals surface area contributed by atoms with Gasteiger partial charge in [-0.3, -0.25) is 9.48 Å². The molecule has 0 aliphatic rings. The summed E-state index contributed by atoms with van der Waals surface area (Å²) in [4.78, 5) is 12.0. The second-order valence-electron chi connectivity index (χ2n) is 3.73. The van der Waals surface area contributed by atoms with Gasteiger partial charge in [0, 0.05) is 13.5 Å². The van der Waals surface area contributed by atoms with Crippen LogP contribution in [0, 0.1) is 0 Å². The van der Waals surface area contributed by atoms with Crippen LogP contribution in [0.3, 0.4) is 0 Å². The molecular weight excluding hydrogens is 242 g/mol. The zero-order valence-corrected chi connectivity index (χ0v) is 10.7. The number of nitrogens with two attached hydrogens (primary N) is 1. The van der Waals surface area contributed by atoms with Crippen molar-refractivity contribution in [2.75, 3.05) is 20.3 Å². The molecule has 0 aliphatic carbocycles. The first-order chi connectivity index (χ1) is 8.20. The van der Waals surface area contributed by atoms with Crippen LogP contribution in [0.4, 0.5) is 0 Å². The molecule has 1 aromatic heterocycles. The summed E-state index contributed by atoms with van der Waals surface area (Å²) < 4.78 is 6.55. The summed E-state index contributed by atoms with van der Waals surface area (Å²) in [6.45, 7) is 1.63. The molecular formula is C11H18ClN3O2. The van der Waals surface area contributed by atoms with Gasteiger partial charge in [0.15, 0.2) is 5.78 Å². The molecule has 17 heavy (non-hydrogen) atoms. The molecule has 0 spiro atoms. The average molecular weight is 260 g/mol. The molecule has 0 bridgehead atoms. The Balaban J connectivity index is 2.66. The van der Waals surface area contributed by atoms with Crippen LogP contribution < -0.4 is 5.73 Å². The summed E-state index contributed by atoms with van der Waals surface area (Å²) in [7, 11) is 1.61. The summed E-state index contributed by atoms with van der Waals surface area (Å²) in [5.41, 5.74) is 5.86. The third-order valence-electron chi connectivity index (χ3n) is 2.42. The molecule has 0 fully saturated rings. The minimum Gasteiger partial charge on any atom is -0.383 e. The fourth-order valence-corrected chi connectivity index (χ4v) is 1.78. The summed E-state index contributed by atoms with van der Waals surface area (Å²) in [6, 6.07) is 0. The van der Waals surface area contributed by atoms with Crippen LogP contribution >= 0.6 is 11.6 Å². The van der Waals surface area contributed by atoms with E-state index in [2.05, 4.69) is 5.10 Å². The molecule has 0 amide bonds. The van der Waals surface area contributed by atoms with Gasteiger partial charge in [0.05, 0.1) is 24.4 Å². The Morgan fingerprint density at radius 1 is 1.59 bits per heavy atom. The van der Waals surface area contributed by atoms with Gasteiger partial charge in [-0.25, -0.2) is 0 Å². The second kappa shape index (κ2) is 7.42. The van der Waals surface area contributed by atoms with Gasteiger partial charge in [0.25, 0.3) is 0 Å². The minimum atomic E-state index is 0.0112. The van der Waals surface area contributed by atoms with Gasteiger partial charge >= 0.3 is 0 Å². The maximum atomic E-state index is 12.0. The number of unbranched alkanes of at least 4 members (excludes halogenated alkanes) is 1. The van der Waals surface area contributed by atoms with E-state index < -0.39 is 0 Å². The highest BCUT2D eigenvalue weighted by Crippen LogP contribution is 2.18. The van der Waals surface area contributed by atoms with Crippen LogP contribution in [0.5, 0.6) is 0 Å². The number of carbonyl (C=O) groups is 1. The fraction of sp³-hybridized carbons (Fsp3) is 0.636. The summed E-state index contributed by atoms with van der Waals surface area (Å²) in [5, 5.41) is 4.46. The third-order valence-corrected chi connectivity index (χ3v) is 2.70. The normalized spacial score (nSPS) is 10.8. The zero-order valence-electron chi connectivity index (χ0n) is 9.99. The van der Waals surface area contributed by atoms with Gasteiger partial charge in [-0.1, -0.05) is 11.6 Å². The first-order valence-electron chi connectivity index (χ1n) is 5.64. The average Bonchev–Trinajstić information content (AvgIpc) is 2.68. The van der Waals surface area contributed by atoms with Crippen LogP contribution in [0.1, 0.15) is 29.8 Å². The number of ether oxygens (including phenoxy) is 1. The Morgan fingerprint density at radius 3 is 3.00 bits per heavy atom. The van der Waals surface area contributed by atoms with E-state index in [9.17, 15) is 4.79 Å². The number of methoxy groups -OCH3 is 1. The van der Waals surface area contributed by atoms with Crippen LogP contribution in [0.15, 0.2) is 6.20 Å². The number of ketones is 1. The lowest BCUT2D eigenvalue weighted by Gasteiger charge is -2.06. The molecule has 2 N–H and O–H groups in total. The molecule has 0 saturated carbocycles. The quantitative estimate of drug-likeness (QED) is 0.567. The van der Waals surface area contributed by atoms with Crippen LogP contribution in [0.25, 0.3) is 0 Å². The van der Waals surface area contributed by atoms with Crippen molar-refractivity contribution in [3.8, 4) is 0 Å². The second-order valence-corrected chi connectivity index (χ2v) is 4.13. The highest BCUT2D eigenvalue weighted by atomic mass is 35.5. The minimum absolute atomic E-state index is 0.0112. The summed E-state index contributed by atoms with van der Waals surface area (Å²) >= 11 is 5.96. The maximum Gasteiger partial charge on any atom is 0.182 e. The largest absolute Gasteiger partial charge is 0.383 e. The van der Waals surface area contributed by atoms with Crippen molar-refractivity contribution in [1.29, 1.82) is 0 Å². The molecule has 0 aromatic carbocycles. The highest BCUT2D eigenvalue weighted by molar-refractivity contribution is 6.33. The van der Waals surface area contributed by atoms with E-state index in [4.69, 9.17) is 22.1 Å². The van der Waals surface area contributed by atoms with E-state index in [-0.39, 0.29) is 5.78 Å². The molecule has 0 aliphatic heterocycles. The summed E-state index contributed by atoms with van der Waals surface area (Å²) in [5.74, 6) is 0.0112. The van der Waals surface area contributed by atoms with E-state index >= 15 is 0 Å². The highest BCUT2D eigenvalue weighted by Gasteiger charge is 2.16. The van der Waals surface area contributed by atoms with Gasteiger partial charge in [0.1, 0.15) is 5.69 Å². The van der Waals surface area contributed by atoms with Crippen LogP contribution in [-0.2, 0) is 11.3 Å². The topological polar surface area (TPSA) is 70.1 Å². The predicted molar refractivity (Wildman–Crippen MR) is 66.3 cm³/mol. The van der Waals surface area contributed by atoms with E-state index in [0.717, 1.165) is 12.8 Å². The fourth-order valence-electron chi connectivity index (χ4n) is 1.54. The van der Waals surface area contributed by atoms with Crippen molar-refractivity contribution in [2.45, 2.75) is 25.8 Å². The van der Waals surface area contributed by atoms with E-state index in [1.165, 1.54) is 6.20 Å². The first-order valence-corrected chi connectivity index (χ1v) is 6.02. The molecule has 0 atom stereocenters. The van der Waals surface area contributed by atoms with Crippen molar-refractivity contribution < 1.29 is 9.53 Å². The van der Waals surface area contributed by atoms with Crippen molar-refractivity contribution in [2.24, 2.45) is 5.73 Å². The monoisotopic (exact) mass is 259 g/mol. The zero-order chi connectivity index (χ0) is 12.7.